The maximum atomic E-state index is 12.1. The van der Waals surface area contributed by atoms with Crippen LogP contribution in [-0.4, -0.2) is 29.5 Å². The van der Waals surface area contributed by atoms with E-state index in [9.17, 15) is 9.59 Å². The van der Waals surface area contributed by atoms with Crippen molar-refractivity contribution in [2.24, 2.45) is 5.10 Å². The molecule has 0 fully saturated rings. The number of Topliss-reactive ketones (excluding diaryl/α,β-unsaturated/α-hetero) is 1. The van der Waals surface area contributed by atoms with Crippen molar-refractivity contribution in [3.05, 3.63) is 60.2 Å². The normalized spacial score (nSPS) is 13.8. The summed E-state index contributed by atoms with van der Waals surface area (Å²) >= 11 is 0. The number of carbonyl (C=O) groups is 2. The van der Waals surface area contributed by atoms with Crippen LogP contribution in [0, 0.1) is 0 Å². The predicted molar refractivity (Wildman–Crippen MR) is 76.4 cm³/mol. The number of nitrogens with zero attached hydrogens (tertiary/aromatic N) is 2. The Morgan fingerprint density at radius 2 is 1.60 bits per heavy atom. The number of hydrazone groups is 1. The number of amides is 1. The first-order chi connectivity index (χ1) is 9.74. The molecule has 1 aliphatic heterocycles. The number of ketones is 1. The first-order valence-corrected chi connectivity index (χ1v) is 6.28. The van der Waals surface area contributed by atoms with Gasteiger partial charge in [0.2, 0.25) is 0 Å². The fraction of sp³-hybridized carbons (Fsp3) is 0.0625. The quantitative estimate of drug-likeness (QED) is 0.836. The highest BCUT2D eigenvalue weighted by Gasteiger charge is 2.21. The van der Waals surface area contributed by atoms with E-state index in [1.165, 1.54) is 11.2 Å². The summed E-state index contributed by atoms with van der Waals surface area (Å²) in [5.41, 5.74) is 2.67. The van der Waals surface area contributed by atoms with E-state index in [0.29, 0.717) is 5.56 Å². The van der Waals surface area contributed by atoms with Gasteiger partial charge in [-0.1, -0.05) is 42.5 Å². The van der Waals surface area contributed by atoms with Gasteiger partial charge in [0, 0.05) is 5.56 Å². The molecule has 2 aromatic rings. The van der Waals surface area contributed by atoms with E-state index < -0.39 is 0 Å². The summed E-state index contributed by atoms with van der Waals surface area (Å²) in [6, 6.07) is 17.2. The molecule has 1 amide bonds. The van der Waals surface area contributed by atoms with Crippen molar-refractivity contribution in [3.63, 3.8) is 0 Å². The summed E-state index contributed by atoms with van der Waals surface area (Å²) in [6.45, 7) is 0.0271. The Hall–Kier alpha value is -2.75. The molecule has 0 unspecified atom stereocenters. The highest BCUT2D eigenvalue weighted by Crippen LogP contribution is 2.20. The van der Waals surface area contributed by atoms with E-state index in [4.69, 9.17) is 0 Å². The van der Waals surface area contributed by atoms with Crippen molar-refractivity contribution in [3.8, 4) is 11.1 Å². The number of rotatable bonds is 2. The predicted octanol–water partition coefficient (Wildman–Crippen LogP) is 2.36. The molecule has 2 aromatic carbocycles. The Labute approximate surface area is 116 Å². The molecule has 4 nitrogen and oxygen atoms in total. The van der Waals surface area contributed by atoms with Gasteiger partial charge in [-0.15, -0.1) is 0 Å². The Kier molecular flexibility index (Phi) is 3.13. The Morgan fingerprint density at radius 3 is 2.20 bits per heavy atom. The zero-order valence-corrected chi connectivity index (χ0v) is 10.7. The highest BCUT2D eigenvalue weighted by atomic mass is 16.2. The summed E-state index contributed by atoms with van der Waals surface area (Å²) in [5.74, 6) is -0.411. The van der Waals surface area contributed by atoms with Crippen LogP contribution < -0.4 is 0 Å². The zero-order chi connectivity index (χ0) is 13.9. The fourth-order valence-electron chi connectivity index (χ4n) is 2.07. The van der Waals surface area contributed by atoms with E-state index in [1.807, 2.05) is 42.5 Å². The number of benzene rings is 2. The minimum Gasteiger partial charge on any atom is -0.291 e. The third-order valence-corrected chi connectivity index (χ3v) is 3.12. The molecule has 1 aliphatic rings. The maximum Gasteiger partial charge on any atom is 0.274 e. The topological polar surface area (TPSA) is 49.7 Å². The van der Waals surface area contributed by atoms with Crippen LogP contribution in [0.4, 0.5) is 0 Å². The van der Waals surface area contributed by atoms with E-state index in [1.54, 1.807) is 12.1 Å². The molecule has 0 aromatic heterocycles. The molecule has 0 N–H and O–H groups in total. The van der Waals surface area contributed by atoms with Gasteiger partial charge in [-0.2, -0.15) is 5.10 Å². The average molecular weight is 264 g/mol. The van der Waals surface area contributed by atoms with Crippen molar-refractivity contribution < 1.29 is 9.59 Å². The van der Waals surface area contributed by atoms with Crippen LogP contribution in [0.15, 0.2) is 59.7 Å². The molecule has 0 saturated heterocycles. The van der Waals surface area contributed by atoms with Gasteiger partial charge in [0.15, 0.2) is 5.78 Å². The molecule has 0 saturated carbocycles. The molecule has 0 radical (unpaired) electrons. The first kappa shape index (κ1) is 12.3. The van der Waals surface area contributed by atoms with Crippen LogP contribution in [0.2, 0.25) is 0 Å². The van der Waals surface area contributed by atoms with E-state index in [2.05, 4.69) is 5.10 Å². The smallest absolute Gasteiger partial charge is 0.274 e. The molecule has 0 bridgehead atoms. The summed E-state index contributed by atoms with van der Waals surface area (Å²) in [5, 5.41) is 4.96. The maximum absolute atomic E-state index is 12.1. The van der Waals surface area contributed by atoms with E-state index in [0.717, 1.165) is 11.1 Å². The summed E-state index contributed by atoms with van der Waals surface area (Å²) in [6.07, 6.45) is 1.18. The SMILES string of the molecule is O=C1C=NN(C(=O)c2ccc(-c3ccccc3)cc2)C1. The van der Waals surface area contributed by atoms with Crippen molar-refractivity contribution in [1.82, 2.24) is 5.01 Å². The van der Waals surface area contributed by atoms with Crippen molar-refractivity contribution in [2.75, 3.05) is 6.54 Å². The van der Waals surface area contributed by atoms with Crippen LogP contribution in [0.25, 0.3) is 11.1 Å². The lowest BCUT2D eigenvalue weighted by Gasteiger charge is -2.11. The lowest BCUT2D eigenvalue weighted by Crippen LogP contribution is -2.25. The summed E-state index contributed by atoms with van der Waals surface area (Å²) in [7, 11) is 0. The minimum absolute atomic E-state index is 0.0271. The molecular formula is C16H12N2O2. The zero-order valence-electron chi connectivity index (χ0n) is 10.7. The van der Waals surface area contributed by atoms with Crippen LogP contribution in [-0.2, 0) is 4.79 Å². The standard InChI is InChI=1S/C16H12N2O2/c19-15-10-17-18(11-15)16(20)14-8-6-13(7-9-14)12-4-2-1-3-5-12/h1-10H,11H2. The molecule has 20 heavy (non-hydrogen) atoms. The van der Waals surface area contributed by atoms with Crippen LogP contribution in [0.3, 0.4) is 0 Å². The number of hydrogen-bond acceptors (Lipinski definition) is 3. The van der Waals surface area contributed by atoms with Gasteiger partial charge in [-0.05, 0) is 23.3 Å². The van der Waals surface area contributed by atoms with Gasteiger partial charge < -0.3 is 0 Å². The molecule has 1 heterocycles. The second kappa shape index (κ2) is 5.09. The Bertz CT molecular complexity index is 675. The Balaban J connectivity index is 1.81. The van der Waals surface area contributed by atoms with E-state index in [-0.39, 0.29) is 18.2 Å². The van der Waals surface area contributed by atoms with Gasteiger partial charge in [0.05, 0.1) is 6.21 Å². The lowest BCUT2D eigenvalue weighted by atomic mass is 10.0. The molecule has 98 valence electrons. The van der Waals surface area contributed by atoms with Crippen LogP contribution >= 0.6 is 0 Å². The summed E-state index contributed by atoms with van der Waals surface area (Å²) < 4.78 is 0. The van der Waals surface area contributed by atoms with Gasteiger partial charge >= 0.3 is 0 Å². The highest BCUT2D eigenvalue weighted by molar-refractivity contribution is 6.30. The molecule has 3 rings (SSSR count). The fourth-order valence-corrected chi connectivity index (χ4v) is 2.07. The van der Waals surface area contributed by atoms with Crippen LogP contribution in [0.5, 0.6) is 0 Å². The molecule has 0 spiro atoms. The van der Waals surface area contributed by atoms with Crippen molar-refractivity contribution >= 4 is 17.9 Å². The van der Waals surface area contributed by atoms with Crippen LogP contribution in [0.1, 0.15) is 10.4 Å². The molecule has 0 aliphatic carbocycles. The number of carbonyl (C=O) groups excluding carboxylic acids is 2. The first-order valence-electron chi connectivity index (χ1n) is 6.28. The largest absolute Gasteiger partial charge is 0.291 e. The lowest BCUT2D eigenvalue weighted by molar-refractivity contribution is -0.112. The third-order valence-electron chi connectivity index (χ3n) is 3.12. The second-order valence-corrected chi connectivity index (χ2v) is 4.52. The Morgan fingerprint density at radius 1 is 0.950 bits per heavy atom. The monoisotopic (exact) mass is 264 g/mol. The van der Waals surface area contributed by atoms with E-state index >= 15 is 0 Å². The average Bonchev–Trinajstić information content (AvgIpc) is 2.94. The van der Waals surface area contributed by atoms with Gasteiger partial charge in [-0.3, -0.25) is 9.59 Å². The van der Waals surface area contributed by atoms with Crippen molar-refractivity contribution in [1.29, 1.82) is 0 Å². The van der Waals surface area contributed by atoms with Gasteiger partial charge in [-0.25, -0.2) is 5.01 Å². The van der Waals surface area contributed by atoms with Crippen molar-refractivity contribution in [2.45, 2.75) is 0 Å². The summed E-state index contributed by atoms with van der Waals surface area (Å²) in [4.78, 5) is 23.2. The molecule has 0 atom stereocenters. The van der Waals surface area contributed by atoms with Gasteiger partial charge in [0.1, 0.15) is 6.54 Å². The number of hydrogen-bond donors (Lipinski definition) is 0. The molecule has 4 heteroatoms. The van der Waals surface area contributed by atoms with Gasteiger partial charge in [0.25, 0.3) is 5.91 Å². The third kappa shape index (κ3) is 2.36. The molecular weight excluding hydrogens is 252 g/mol. The second-order valence-electron chi connectivity index (χ2n) is 4.52. The minimum atomic E-state index is -0.258.